The van der Waals surface area contributed by atoms with Crippen molar-refractivity contribution >= 4 is 33.2 Å². The Morgan fingerprint density at radius 1 is 1.44 bits per heavy atom. The highest BCUT2D eigenvalue weighted by atomic mass is 35.5. The number of aromatic amines is 1. The SMILES string of the molecule is C[C@@H]1CCc2c(sc3nc([C@@H](C)N(C)Cc4ccc(Cl)nc4)[nH]c(=O)c23)C1. The van der Waals surface area contributed by atoms with Crippen molar-refractivity contribution in [1.82, 2.24) is 19.9 Å². The Bertz CT molecular complexity index is 1030. The van der Waals surface area contributed by atoms with Crippen molar-refractivity contribution in [2.24, 2.45) is 5.92 Å². The van der Waals surface area contributed by atoms with E-state index in [4.69, 9.17) is 16.6 Å². The predicted octanol–water partition coefficient (Wildman–Crippen LogP) is 4.35. The topological polar surface area (TPSA) is 61.9 Å². The smallest absolute Gasteiger partial charge is 0.259 e. The van der Waals surface area contributed by atoms with Gasteiger partial charge in [0, 0.05) is 17.6 Å². The molecule has 142 valence electrons. The number of nitrogens with one attached hydrogen (secondary N) is 1. The Kier molecular flexibility index (Phi) is 5.05. The van der Waals surface area contributed by atoms with E-state index in [9.17, 15) is 4.79 Å². The number of thiophene rings is 1. The van der Waals surface area contributed by atoms with Crippen LogP contribution in [0.3, 0.4) is 0 Å². The van der Waals surface area contributed by atoms with Crippen molar-refractivity contribution in [3.05, 3.63) is 55.7 Å². The fraction of sp³-hybridized carbons (Fsp3) is 0.450. The van der Waals surface area contributed by atoms with Gasteiger partial charge in [-0.3, -0.25) is 9.69 Å². The number of hydrogen-bond acceptors (Lipinski definition) is 5. The number of halogens is 1. The van der Waals surface area contributed by atoms with Gasteiger partial charge in [0.2, 0.25) is 0 Å². The Morgan fingerprint density at radius 3 is 3.00 bits per heavy atom. The van der Waals surface area contributed by atoms with Crippen molar-refractivity contribution in [2.75, 3.05) is 7.05 Å². The molecular weight excluding hydrogens is 380 g/mol. The van der Waals surface area contributed by atoms with Crippen molar-refractivity contribution in [3.63, 3.8) is 0 Å². The number of nitrogens with zero attached hydrogens (tertiary/aromatic N) is 3. The zero-order valence-electron chi connectivity index (χ0n) is 15.8. The molecule has 0 amide bonds. The first kappa shape index (κ1) is 18.6. The van der Waals surface area contributed by atoms with E-state index in [0.717, 1.165) is 35.0 Å². The van der Waals surface area contributed by atoms with Crippen molar-refractivity contribution < 1.29 is 0 Å². The maximum absolute atomic E-state index is 12.8. The molecule has 0 bridgehead atoms. The van der Waals surface area contributed by atoms with Crippen LogP contribution in [0.4, 0.5) is 0 Å². The Morgan fingerprint density at radius 2 is 2.26 bits per heavy atom. The van der Waals surface area contributed by atoms with Crippen LogP contribution in [0.25, 0.3) is 10.2 Å². The zero-order valence-corrected chi connectivity index (χ0v) is 17.3. The average molecular weight is 403 g/mol. The van der Waals surface area contributed by atoms with E-state index in [-0.39, 0.29) is 11.6 Å². The maximum atomic E-state index is 12.8. The molecule has 4 rings (SSSR count). The zero-order chi connectivity index (χ0) is 19.1. The van der Waals surface area contributed by atoms with Crippen LogP contribution in [0, 0.1) is 5.92 Å². The normalized spacial score (nSPS) is 18.0. The van der Waals surface area contributed by atoms with Gasteiger partial charge in [0.05, 0.1) is 11.4 Å². The van der Waals surface area contributed by atoms with Gasteiger partial charge in [0.1, 0.15) is 15.8 Å². The van der Waals surface area contributed by atoms with Gasteiger partial charge in [0.25, 0.3) is 5.56 Å². The van der Waals surface area contributed by atoms with Crippen LogP contribution in [0.1, 0.15) is 48.1 Å². The number of rotatable bonds is 4. The number of aryl methyl sites for hydroxylation is 1. The third kappa shape index (κ3) is 3.66. The summed E-state index contributed by atoms with van der Waals surface area (Å²) in [5.74, 6) is 1.39. The lowest BCUT2D eigenvalue weighted by Crippen LogP contribution is -2.26. The average Bonchev–Trinajstić information content (AvgIpc) is 3.00. The highest BCUT2D eigenvalue weighted by Gasteiger charge is 2.24. The van der Waals surface area contributed by atoms with E-state index in [1.165, 1.54) is 10.4 Å². The highest BCUT2D eigenvalue weighted by molar-refractivity contribution is 7.18. The molecule has 3 aromatic heterocycles. The number of pyridine rings is 1. The minimum atomic E-state index is -0.0178. The summed E-state index contributed by atoms with van der Waals surface area (Å²) in [4.78, 5) is 29.2. The summed E-state index contributed by atoms with van der Waals surface area (Å²) in [6.07, 6.45) is 4.97. The van der Waals surface area contributed by atoms with Crippen LogP contribution in [-0.2, 0) is 19.4 Å². The van der Waals surface area contributed by atoms with Crippen LogP contribution >= 0.6 is 22.9 Å². The quantitative estimate of drug-likeness (QED) is 0.659. The van der Waals surface area contributed by atoms with Gasteiger partial charge < -0.3 is 4.98 Å². The maximum Gasteiger partial charge on any atom is 0.259 e. The van der Waals surface area contributed by atoms with E-state index in [0.29, 0.717) is 23.4 Å². The van der Waals surface area contributed by atoms with Gasteiger partial charge in [0.15, 0.2) is 0 Å². The Balaban J connectivity index is 1.63. The fourth-order valence-corrected chi connectivity index (χ4v) is 5.20. The Hall–Kier alpha value is -1.76. The molecule has 0 aromatic carbocycles. The first-order valence-corrected chi connectivity index (χ1v) is 10.5. The number of H-pyrrole nitrogens is 1. The molecule has 3 heterocycles. The van der Waals surface area contributed by atoms with Gasteiger partial charge in [-0.1, -0.05) is 24.6 Å². The predicted molar refractivity (Wildman–Crippen MR) is 111 cm³/mol. The summed E-state index contributed by atoms with van der Waals surface area (Å²) in [6, 6.07) is 3.74. The third-order valence-electron chi connectivity index (χ3n) is 5.46. The van der Waals surface area contributed by atoms with Crippen molar-refractivity contribution in [1.29, 1.82) is 0 Å². The van der Waals surface area contributed by atoms with Gasteiger partial charge in [-0.15, -0.1) is 11.3 Å². The lowest BCUT2D eigenvalue weighted by molar-refractivity contribution is 0.243. The van der Waals surface area contributed by atoms with E-state index >= 15 is 0 Å². The van der Waals surface area contributed by atoms with Crippen molar-refractivity contribution in [3.8, 4) is 0 Å². The second-order valence-corrected chi connectivity index (χ2v) is 9.03. The largest absolute Gasteiger partial charge is 0.309 e. The second-order valence-electron chi connectivity index (χ2n) is 7.56. The van der Waals surface area contributed by atoms with Crippen molar-refractivity contribution in [2.45, 2.75) is 45.7 Å². The lowest BCUT2D eigenvalue weighted by atomic mass is 9.89. The minimum Gasteiger partial charge on any atom is -0.309 e. The number of aromatic nitrogens is 3. The summed E-state index contributed by atoms with van der Waals surface area (Å²) >= 11 is 7.55. The number of hydrogen-bond donors (Lipinski definition) is 1. The van der Waals surface area contributed by atoms with Crippen LogP contribution in [0.2, 0.25) is 5.15 Å². The molecule has 3 aromatic rings. The summed E-state index contributed by atoms with van der Waals surface area (Å²) in [7, 11) is 2.02. The molecular formula is C20H23ClN4OS. The van der Waals surface area contributed by atoms with Gasteiger partial charge in [-0.25, -0.2) is 9.97 Å². The first-order valence-electron chi connectivity index (χ1n) is 9.27. The molecule has 5 nitrogen and oxygen atoms in total. The summed E-state index contributed by atoms with van der Waals surface area (Å²) < 4.78 is 0. The van der Waals surface area contributed by atoms with Crippen LogP contribution in [-0.4, -0.2) is 26.9 Å². The molecule has 27 heavy (non-hydrogen) atoms. The summed E-state index contributed by atoms with van der Waals surface area (Å²) in [6.45, 7) is 5.04. The first-order chi connectivity index (χ1) is 12.9. The van der Waals surface area contributed by atoms with Gasteiger partial charge >= 0.3 is 0 Å². The number of fused-ring (bicyclic) bond motifs is 3. The molecule has 0 aliphatic heterocycles. The molecule has 1 aliphatic carbocycles. The standard InChI is InChI=1S/C20H23ClN4OS/c1-11-4-6-14-15(8-11)27-20-17(14)19(26)23-18(24-20)12(2)25(3)10-13-5-7-16(21)22-9-13/h5,7,9,11-12H,4,6,8,10H2,1-3H3,(H,23,24,26)/t11-,12-/m1/s1. The molecule has 0 spiro atoms. The second kappa shape index (κ2) is 7.34. The summed E-state index contributed by atoms with van der Waals surface area (Å²) in [5.41, 5.74) is 2.29. The lowest BCUT2D eigenvalue weighted by Gasteiger charge is -2.23. The van der Waals surface area contributed by atoms with Crippen LogP contribution in [0.15, 0.2) is 23.1 Å². The molecule has 0 radical (unpaired) electrons. The molecule has 0 saturated carbocycles. The summed E-state index contributed by atoms with van der Waals surface area (Å²) in [5, 5.41) is 1.30. The van der Waals surface area contributed by atoms with Gasteiger partial charge in [-0.2, -0.15) is 0 Å². The molecule has 1 N–H and O–H groups in total. The fourth-order valence-electron chi connectivity index (χ4n) is 3.70. The van der Waals surface area contributed by atoms with E-state index in [1.54, 1.807) is 23.6 Å². The van der Waals surface area contributed by atoms with E-state index in [2.05, 4.69) is 28.7 Å². The Labute approximate surface area is 167 Å². The molecule has 7 heteroatoms. The highest BCUT2D eigenvalue weighted by Crippen LogP contribution is 2.36. The van der Waals surface area contributed by atoms with Gasteiger partial charge in [-0.05, 0) is 56.3 Å². The molecule has 0 unspecified atom stereocenters. The van der Waals surface area contributed by atoms with Crippen LogP contribution in [0.5, 0.6) is 0 Å². The van der Waals surface area contributed by atoms with E-state index < -0.39 is 0 Å². The monoisotopic (exact) mass is 402 g/mol. The molecule has 2 atom stereocenters. The minimum absolute atomic E-state index is 0.00420. The van der Waals surface area contributed by atoms with Crippen LogP contribution < -0.4 is 5.56 Å². The molecule has 1 aliphatic rings. The molecule has 0 fully saturated rings. The third-order valence-corrected chi connectivity index (χ3v) is 6.83. The van der Waals surface area contributed by atoms with E-state index in [1.807, 2.05) is 13.1 Å². The molecule has 0 saturated heterocycles.